The molecule has 2 aromatic heterocycles. The van der Waals surface area contributed by atoms with Crippen molar-refractivity contribution in [3.05, 3.63) is 38.9 Å². The number of thioether (sulfide) groups is 1. The van der Waals surface area contributed by atoms with Gasteiger partial charge in [-0.2, -0.15) is 10.5 Å². The van der Waals surface area contributed by atoms with Crippen LogP contribution in [0.25, 0.3) is 0 Å². The number of hydrogen-bond acceptors (Lipinski definition) is 6. The third-order valence-corrected chi connectivity index (χ3v) is 7.38. The van der Waals surface area contributed by atoms with Crippen LogP contribution in [-0.2, 0) is 30.6 Å². The van der Waals surface area contributed by atoms with Gasteiger partial charge in [0.05, 0.1) is 36.2 Å². The van der Waals surface area contributed by atoms with Gasteiger partial charge < -0.3 is 10.2 Å². The average Bonchev–Trinajstić information content (AvgIpc) is 3.26. The van der Waals surface area contributed by atoms with Crippen LogP contribution in [0.15, 0.2) is 11.1 Å². The summed E-state index contributed by atoms with van der Waals surface area (Å²) < 4.78 is 0. The number of amides is 1. The van der Waals surface area contributed by atoms with E-state index in [4.69, 9.17) is 0 Å². The smallest absolute Gasteiger partial charge is 0.235 e. The number of nitrogens with one attached hydrogen (secondary N) is 2. The van der Waals surface area contributed by atoms with Crippen molar-refractivity contribution in [1.29, 1.82) is 10.5 Å². The Morgan fingerprint density at radius 1 is 1.36 bits per heavy atom. The Hall–Kier alpha value is -2.39. The zero-order chi connectivity index (χ0) is 19.7. The third-order valence-electron chi connectivity index (χ3n) is 5.18. The second kappa shape index (κ2) is 7.92. The fourth-order valence-corrected chi connectivity index (χ4v) is 5.82. The van der Waals surface area contributed by atoms with Crippen LogP contribution in [0.2, 0.25) is 0 Å². The number of quaternary nitrogens is 1. The van der Waals surface area contributed by atoms with E-state index in [1.54, 1.807) is 0 Å². The maximum atomic E-state index is 12.5. The van der Waals surface area contributed by atoms with Crippen molar-refractivity contribution < 1.29 is 9.69 Å². The predicted molar refractivity (Wildman–Crippen MR) is 109 cm³/mol. The van der Waals surface area contributed by atoms with Crippen molar-refractivity contribution in [1.82, 2.24) is 4.98 Å². The fraction of sp³-hybridized carbons (Fsp3) is 0.400. The maximum absolute atomic E-state index is 12.5. The van der Waals surface area contributed by atoms with Crippen molar-refractivity contribution >= 4 is 34.0 Å². The third kappa shape index (κ3) is 3.64. The molecule has 1 aliphatic carbocycles. The number of anilines is 1. The molecule has 1 atom stereocenters. The van der Waals surface area contributed by atoms with Gasteiger partial charge in [0.2, 0.25) is 5.91 Å². The van der Waals surface area contributed by atoms with Gasteiger partial charge in [0.15, 0.2) is 0 Å². The summed E-state index contributed by atoms with van der Waals surface area (Å²) in [5.74, 6) is -0.00648. The van der Waals surface area contributed by atoms with E-state index in [1.807, 2.05) is 6.07 Å². The Balaban J connectivity index is 1.46. The van der Waals surface area contributed by atoms with E-state index < -0.39 is 0 Å². The lowest BCUT2D eigenvalue weighted by molar-refractivity contribution is -0.895. The predicted octanol–water partition coefficient (Wildman–Crippen LogP) is 1.68. The minimum absolute atomic E-state index is 0.166. The number of fused-ring (bicyclic) bond motifs is 2. The van der Waals surface area contributed by atoms with Gasteiger partial charge in [-0.25, -0.2) is 4.98 Å². The van der Waals surface area contributed by atoms with Crippen LogP contribution < -0.4 is 10.2 Å². The number of nitriles is 2. The summed E-state index contributed by atoms with van der Waals surface area (Å²) >= 11 is 2.80. The molecule has 1 amide bonds. The number of aryl methyl sites for hydroxylation is 1. The molecule has 0 saturated carbocycles. The summed E-state index contributed by atoms with van der Waals surface area (Å²) in [6.45, 7) is 1.90. The topological polar surface area (TPSA) is 94.0 Å². The first-order valence-corrected chi connectivity index (χ1v) is 11.1. The minimum Gasteiger partial charge on any atom is -0.333 e. The Bertz CT molecular complexity index is 1030. The molecule has 2 aromatic rings. The second-order valence-electron chi connectivity index (χ2n) is 7.20. The molecule has 0 bridgehead atoms. The van der Waals surface area contributed by atoms with Crippen LogP contribution >= 0.6 is 23.1 Å². The molecule has 0 saturated heterocycles. The van der Waals surface area contributed by atoms with E-state index in [2.05, 4.69) is 29.5 Å². The highest BCUT2D eigenvalue weighted by molar-refractivity contribution is 8.00. The van der Waals surface area contributed by atoms with Crippen molar-refractivity contribution in [2.75, 3.05) is 24.7 Å². The highest BCUT2D eigenvalue weighted by Gasteiger charge is 2.24. The van der Waals surface area contributed by atoms with E-state index in [1.165, 1.54) is 32.9 Å². The van der Waals surface area contributed by atoms with E-state index in [-0.39, 0.29) is 11.7 Å². The van der Waals surface area contributed by atoms with E-state index in [0.717, 1.165) is 55.6 Å². The number of likely N-dealkylation sites (N-methyl/N-ethyl adjacent to an activating group) is 1. The lowest BCUT2D eigenvalue weighted by atomic mass is 10.0. The molecule has 2 N–H and O–H groups in total. The van der Waals surface area contributed by atoms with E-state index in [0.29, 0.717) is 21.2 Å². The first kappa shape index (κ1) is 18.9. The quantitative estimate of drug-likeness (QED) is 0.748. The molecule has 0 aromatic carbocycles. The molecule has 2 aliphatic rings. The zero-order valence-corrected chi connectivity index (χ0v) is 17.2. The lowest BCUT2D eigenvalue weighted by Gasteiger charge is -2.22. The Labute approximate surface area is 172 Å². The fourth-order valence-electron chi connectivity index (χ4n) is 3.79. The molecule has 3 heterocycles. The molecule has 1 unspecified atom stereocenters. The first-order chi connectivity index (χ1) is 13.6. The minimum atomic E-state index is -0.172. The van der Waals surface area contributed by atoms with Gasteiger partial charge in [0.25, 0.3) is 0 Å². The first-order valence-electron chi connectivity index (χ1n) is 9.30. The number of thiophene rings is 1. The number of carbonyl (C=O) groups excluding carboxylic acids is 1. The molecular weight excluding hydrogens is 390 g/mol. The van der Waals surface area contributed by atoms with Crippen LogP contribution in [0, 0.1) is 22.7 Å². The van der Waals surface area contributed by atoms with Crippen molar-refractivity contribution in [3.63, 3.8) is 0 Å². The van der Waals surface area contributed by atoms with Crippen LogP contribution in [0.3, 0.4) is 0 Å². The highest BCUT2D eigenvalue weighted by Crippen LogP contribution is 2.38. The lowest BCUT2D eigenvalue weighted by Crippen LogP contribution is -3.08. The molecule has 142 valence electrons. The standard InChI is InChI=1S/C20H19N5OS2/c1-25-6-5-16-13(10-25)7-12(8-21)19(23-16)27-11-18(26)24-20-15(9-22)14-3-2-4-17(14)28-20/h7H,2-6,10-11H2,1H3,(H,24,26)/p+1. The van der Waals surface area contributed by atoms with Crippen LogP contribution in [0.4, 0.5) is 5.00 Å². The van der Waals surface area contributed by atoms with Crippen molar-refractivity contribution in [2.45, 2.75) is 37.3 Å². The monoisotopic (exact) mass is 410 g/mol. The van der Waals surface area contributed by atoms with Gasteiger partial charge in [-0.3, -0.25) is 4.79 Å². The van der Waals surface area contributed by atoms with Crippen molar-refractivity contribution in [2.24, 2.45) is 0 Å². The molecule has 4 rings (SSSR count). The molecule has 8 heteroatoms. The highest BCUT2D eigenvalue weighted by atomic mass is 32.2. The number of rotatable bonds is 4. The van der Waals surface area contributed by atoms with E-state index in [9.17, 15) is 15.3 Å². The van der Waals surface area contributed by atoms with Gasteiger partial charge in [-0.05, 0) is 30.9 Å². The van der Waals surface area contributed by atoms with E-state index >= 15 is 0 Å². The number of aromatic nitrogens is 1. The van der Waals surface area contributed by atoms with Gasteiger partial charge in [0, 0.05) is 16.9 Å². The average molecular weight is 411 g/mol. The SMILES string of the molecule is C[NH+]1CCc2nc(SCC(=O)Nc3sc4c(c3C#N)CCC4)c(C#N)cc2C1. The zero-order valence-electron chi connectivity index (χ0n) is 15.6. The van der Waals surface area contributed by atoms with Gasteiger partial charge in [-0.1, -0.05) is 11.8 Å². The van der Waals surface area contributed by atoms with Crippen LogP contribution in [-0.4, -0.2) is 30.2 Å². The summed E-state index contributed by atoms with van der Waals surface area (Å²) in [6, 6.07) is 6.37. The van der Waals surface area contributed by atoms with Crippen LogP contribution in [0.5, 0.6) is 0 Å². The van der Waals surface area contributed by atoms with Crippen LogP contribution in [0.1, 0.15) is 39.2 Å². The summed E-state index contributed by atoms with van der Waals surface area (Å²) in [4.78, 5) is 19.8. The molecule has 28 heavy (non-hydrogen) atoms. The maximum Gasteiger partial charge on any atom is 0.235 e. The number of nitrogens with zero attached hydrogens (tertiary/aromatic N) is 3. The summed E-state index contributed by atoms with van der Waals surface area (Å²) in [6.07, 6.45) is 3.87. The Kier molecular flexibility index (Phi) is 5.36. The molecular formula is C20H20N5OS2+. The number of carbonyl (C=O) groups is 1. The summed E-state index contributed by atoms with van der Waals surface area (Å²) in [5, 5.41) is 23.1. The normalized spacial score (nSPS) is 17.3. The Morgan fingerprint density at radius 2 is 2.21 bits per heavy atom. The van der Waals surface area contributed by atoms with Gasteiger partial charge in [0.1, 0.15) is 28.7 Å². The number of hydrogen-bond donors (Lipinski definition) is 2. The largest absolute Gasteiger partial charge is 0.333 e. The van der Waals surface area contributed by atoms with Gasteiger partial charge in [-0.15, -0.1) is 11.3 Å². The second-order valence-corrected chi connectivity index (χ2v) is 9.27. The molecule has 1 aliphatic heterocycles. The molecule has 0 radical (unpaired) electrons. The Morgan fingerprint density at radius 3 is 3.00 bits per heavy atom. The summed E-state index contributed by atoms with van der Waals surface area (Å²) in [5.41, 5.74) is 4.41. The van der Waals surface area contributed by atoms with Crippen molar-refractivity contribution in [3.8, 4) is 12.1 Å². The van der Waals surface area contributed by atoms with Gasteiger partial charge >= 0.3 is 0 Å². The molecule has 0 fully saturated rings. The molecule has 0 spiro atoms. The summed E-state index contributed by atoms with van der Waals surface area (Å²) in [7, 11) is 2.14. The number of pyridine rings is 1. The molecule has 6 nitrogen and oxygen atoms in total.